The summed E-state index contributed by atoms with van der Waals surface area (Å²) in [5, 5.41) is 4.00. The van der Waals surface area contributed by atoms with Gasteiger partial charge in [-0.3, -0.25) is 4.79 Å². The van der Waals surface area contributed by atoms with E-state index in [1.165, 1.54) is 12.8 Å². The van der Waals surface area contributed by atoms with Gasteiger partial charge in [-0.05, 0) is 39.8 Å². The summed E-state index contributed by atoms with van der Waals surface area (Å²) in [5.41, 5.74) is 1.05. The van der Waals surface area contributed by atoms with Crippen molar-refractivity contribution in [2.75, 3.05) is 31.9 Å². The van der Waals surface area contributed by atoms with Crippen LogP contribution in [-0.4, -0.2) is 48.0 Å². The number of nitrogens with zero attached hydrogens (tertiary/aromatic N) is 1. The zero-order chi connectivity index (χ0) is 12.7. The third-order valence-electron chi connectivity index (χ3n) is 2.92. The lowest BCUT2D eigenvalue weighted by Crippen LogP contribution is -2.35. The normalized spacial score (nSPS) is 16.8. The summed E-state index contributed by atoms with van der Waals surface area (Å²) in [6, 6.07) is 0. The molecular weight excluding hydrogens is 232 g/mol. The molecule has 0 bridgehead atoms. The Hall–Kier alpha value is -0.480. The number of thioether (sulfide) groups is 1. The average Bonchev–Trinajstić information content (AvgIpc) is 2.34. The van der Waals surface area contributed by atoms with Crippen LogP contribution in [-0.2, 0) is 4.79 Å². The number of carbonyl (C=O) groups excluding carboxylic acids is 1. The SMILES string of the molecule is C=C(C)CN(CC)C(=O)CSC1CCNCC1. The number of hydrogen-bond donors (Lipinski definition) is 1. The highest BCUT2D eigenvalue weighted by atomic mass is 32.2. The van der Waals surface area contributed by atoms with Crippen molar-refractivity contribution in [3.63, 3.8) is 0 Å². The summed E-state index contributed by atoms with van der Waals surface area (Å²) in [6.07, 6.45) is 2.37. The van der Waals surface area contributed by atoms with Gasteiger partial charge in [0.2, 0.25) is 5.91 Å². The molecule has 0 aliphatic carbocycles. The second-order valence-corrected chi connectivity index (χ2v) is 5.91. The molecule has 1 amide bonds. The van der Waals surface area contributed by atoms with Gasteiger partial charge in [0.25, 0.3) is 0 Å². The quantitative estimate of drug-likeness (QED) is 0.737. The fourth-order valence-electron chi connectivity index (χ4n) is 1.94. The summed E-state index contributed by atoms with van der Waals surface area (Å²) in [7, 11) is 0. The van der Waals surface area contributed by atoms with Gasteiger partial charge < -0.3 is 10.2 Å². The van der Waals surface area contributed by atoms with Crippen molar-refractivity contribution in [2.24, 2.45) is 0 Å². The third-order valence-corrected chi connectivity index (χ3v) is 4.28. The van der Waals surface area contributed by atoms with Gasteiger partial charge in [-0.15, -0.1) is 11.8 Å². The summed E-state index contributed by atoms with van der Waals surface area (Å²) in [5.74, 6) is 0.866. The molecule has 3 nitrogen and oxygen atoms in total. The van der Waals surface area contributed by atoms with E-state index in [1.54, 1.807) is 0 Å². The highest BCUT2D eigenvalue weighted by Crippen LogP contribution is 2.20. The number of likely N-dealkylation sites (N-methyl/N-ethyl adjacent to an activating group) is 1. The Morgan fingerprint density at radius 3 is 2.65 bits per heavy atom. The zero-order valence-corrected chi connectivity index (χ0v) is 11.8. The first kappa shape index (κ1) is 14.6. The lowest BCUT2D eigenvalue weighted by Gasteiger charge is -2.24. The third kappa shape index (κ3) is 5.59. The van der Waals surface area contributed by atoms with Crippen molar-refractivity contribution >= 4 is 17.7 Å². The van der Waals surface area contributed by atoms with Crippen LogP contribution in [0.4, 0.5) is 0 Å². The number of rotatable bonds is 6. The summed E-state index contributed by atoms with van der Waals surface area (Å²) < 4.78 is 0. The van der Waals surface area contributed by atoms with Gasteiger partial charge in [0, 0.05) is 18.3 Å². The maximum absolute atomic E-state index is 12.0. The van der Waals surface area contributed by atoms with Crippen LogP contribution in [0.15, 0.2) is 12.2 Å². The van der Waals surface area contributed by atoms with E-state index in [-0.39, 0.29) is 5.91 Å². The van der Waals surface area contributed by atoms with E-state index in [1.807, 2.05) is 30.5 Å². The molecule has 0 spiro atoms. The van der Waals surface area contributed by atoms with Gasteiger partial charge in [-0.2, -0.15) is 0 Å². The van der Waals surface area contributed by atoms with E-state index < -0.39 is 0 Å². The lowest BCUT2D eigenvalue weighted by atomic mass is 10.2. The van der Waals surface area contributed by atoms with Gasteiger partial charge in [-0.1, -0.05) is 12.2 Å². The zero-order valence-electron chi connectivity index (χ0n) is 11.0. The van der Waals surface area contributed by atoms with Crippen LogP contribution in [0.3, 0.4) is 0 Å². The number of hydrogen-bond acceptors (Lipinski definition) is 3. The van der Waals surface area contributed by atoms with Gasteiger partial charge >= 0.3 is 0 Å². The minimum absolute atomic E-state index is 0.249. The molecule has 1 saturated heterocycles. The van der Waals surface area contributed by atoms with Gasteiger partial charge in [0.15, 0.2) is 0 Å². The van der Waals surface area contributed by atoms with Crippen molar-refractivity contribution < 1.29 is 4.79 Å². The highest BCUT2D eigenvalue weighted by molar-refractivity contribution is 8.00. The first-order valence-electron chi connectivity index (χ1n) is 6.38. The first-order valence-corrected chi connectivity index (χ1v) is 7.42. The van der Waals surface area contributed by atoms with Crippen molar-refractivity contribution in [3.05, 3.63) is 12.2 Å². The Balaban J connectivity index is 2.28. The van der Waals surface area contributed by atoms with Crippen LogP contribution in [0.2, 0.25) is 0 Å². The van der Waals surface area contributed by atoms with Crippen LogP contribution < -0.4 is 5.32 Å². The Morgan fingerprint density at radius 1 is 1.47 bits per heavy atom. The number of carbonyl (C=O) groups is 1. The predicted molar refractivity (Wildman–Crippen MR) is 75.4 cm³/mol. The standard InChI is InChI=1S/C13H24N2OS/c1-4-15(9-11(2)3)13(16)10-17-12-5-7-14-8-6-12/h12,14H,2,4-10H2,1,3H3. The number of piperidine rings is 1. The van der Waals surface area contributed by atoms with Crippen molar-refractivity contribution in [1.82, 2.24) is 10.2 Å². The Bertz CT molecular complexity index is 262. The molecule has 1 aliphatic rings. The van der Waals surface area contributed by atoms with E-state index in [0.717, 1.165) is 25.2 Å². The van der Waals surface area contributed by atoms with E-state index in [0.29, 0.717) is 17.5 Å². The average molecular weight is 256 g/mol. The van der Waals surface area contributed by atoms with Crippen LogP contribution in [0, 0.1) is 0 Å². The largest absolute Gasteiger partial charge is 0.338 e. The second-order valence-electron chi connectivity index (χ2n) is 4.63. The van der Waals surface area contributed by atoms with Crippen LogP contribution >= 0.6 is 11.8 Å². The van der Waals surface area contributed by atoms with E-state index in [4.69, 9.17) is 0 Å². The smallest absolute Gasteiger partial charge is 0.232 e. The molecule has 1 aliphatic heterocycles. The topological polar surface area (TPSA) is 32.3 Å². The van der Waals surface area contributed by atoms with Crippen LogP contribution in [0.1, 0.15) is 26.7 Å². The van der Waals surface area contributed by atoms with Gasteiger partial charge in [0.1, 0.15) is 0 Å². The number of amides is 1. The maximum Gasteiger partial charge on any atom is 0.232 e. The molecule has 0 unspecified atom stereocenters. The molecule has 1 rings (SSSR count). The minimum atomic E-state index is 0.249. The van der Waals surface area contributed by atoms with Gasteiger partial charge in [0.05, 0.1) is 5.75 Å². The molecule has 1 N–H and O–H groups in total. The Morgan fingerprint density at radius 2 is 2.12 bits per heavy atom. The fraction of sp³-hybridized carbons (Fsp3) is 0.769. The first-order chi connectivity index (χ1) is 8.13. The molecule has 0 aromatic carbocycles. The Kier molecular flexibility index (Phi) is 6.66. The molecule has 17 heavy (non-hydrogen) atoms. The molecule has 1 heterocycles. The molecule has 0 aromatic heterocycles. The van der Waals surface area contributed by atoms with E-state index in [9.17, 15) is 4.79 Å². The highest BCUT2D eigenvalue weighted by Gasteiger charge is 2.17. The van der Waals surface area contributed by atoms with E-state index in [2.05, 4.69) is 11.9 Å². The monoisotopic (exact) mass is 256 g/mol. The fourth-order valence-corrected chi connectivity index (χ4v) is 3.07. The summed E-state index contributed by atoms with van der Waals surface area (Å²) >= 11 is 1.82. The Labute approximate surface area is 109 Å². The number of nitrogens with one attached hydrogen (secondary N) is 1. The van der Waals surface area contributed by atoms with Crippen LogP contribution in [0.5, 0.6) is 0 Å². The molecule has 98 valence electrons. The summed E-state index contributed by atoms with van der Waals surface area (Å²) in [4.78, 5) is 13.9. The predicted octanol–water partition coefficient (Wildman–Crippen LogP) is 1.90. The minimum Gasteiger partial charge on any atom is -0.338 e. The van der Waals surface area contributed by atoms with Crippen molar-refractivity contribution in [1.29, 1.82) is 0 Å². The molecule has 1 fully saturated rings. The van der Waals surface area contributed by atoms with Gasteiger partial charge in [-0.25, -0.2) is 0 Å². The molecular formula is C13H24N2OS. The van der Waals surface area contributed by atoms with Crippen molar-refractivity contribution in [2.45, 2.75) is 31.9 Å². The molecule has 0 atom stereocenters. The second kappa shape index (κ2) is 7.77. The lowest BCUT2D eigenvalue weighted by molar-refractivity contribution is -0.127. The van der Waals surface area contributed by atoms with Crippen LogP contribution in [0.25, 0.3) is 0 Å². The maximum atomic E-state index is 12.0. The molecule has 0 saturated carbocycles. The van der Waals surface area contributed by atoms with Crippen molar-refractivity contribution in [3.8, 4) is 0 Å². The molecule has 0 aromatic rings. The summed E-state index contributed by atoms with van der Waals surface area (Å²) in [6.45, 7) is 11.5. The van der Waals surface area contributed by atoms with E-state index >= 15 is 0 Å². The molecule has 0 radical (unpaired) electrons. The molecule has 4 heteroatoms.